The van der Waals surface area contributed by atoms with Crippen molar-refractivity contribution < 1.29 is 19.0 Å². The Balaban J connectivity index is 1.79. The van der Waals surface area contributed by atoms with Crippen molar-refractivity contribution >= 4 is 5.91 Å². The SMILES string of the molecule is COc1ccccc1OCC(=O)N[C@@H](C)[C@@H]1CCCO1. The molecule has 0 aromatic heterocycles. The van der Waals surface area contributed by atoms with Gasteiger partial charge in [-0.3, -0.25) is 4.79 Å². The number of rotatable bonds is 6. The average molecular weight is 279 g/mol. The van der Waals surface area contributed by atoms with Crippen molar-refractivity contribution in [1.82, 2.24) is 5.32 Å². The lowest BCUT2D eigenvalue weighted by molar-refractivity contribution is -0.124. The first-order valence-corrected chi connectivity index (χ1v) is 6.87. The summed E-state index contributed by atoms with van der Waals surface area (Å²) in [6.45, 7) is 2.71. The first-order chi connectivity index (χ1) is 9.70. The van der Waals surface area contributed by atoms with Crippen LogP contribution < -0.4 is 14.8 Å². The fraction of sp³-hybridized carbons (Fsp3) is 0.533. The number of carbonyl (C=O) groups excluding carboxylic acids is 1. The maximum Gasteiger partial charge on any atom is 0.258 e. The van der Waals surface area contributed by atoms with Gasteiger partial charge in [-0.15, -0.1) is 0 Å². The second-order valence-corrected chi connectivity index (χ2v) is 4.85. The number of nitrogens with one attached hydrogen (secondary N) is 1. The summed E-state index contributed by atoms with van der Waals surface area (Å²) in [5.41, 5.74) is 0. The van der Waals surface area contributed by atoms with Crippen LogP contribution in [0, 0.1) is 0 Å². The summed E-state index contributed by atoms with van der Waals surface area (Å²) < 4.78 is 16.2. The molecular formula is C15H21NO4. The minimum atomic E-state index is -0.154. The first kappa shape index (κ1) is 14.7. The van der Waals surface area contributed by atoms with Gasteiger partial charge in [-0.1, -0.05) is 12.1 Å². The van der Waals surface area contributed by atoms with E-state index in [1.165, 1.54) is 0 Å². The van der Waals surface area contributed by atoms with Gasteiger partial charge >= 0.3 is 0 Å². The lowest BCUT2D eigenvalue weighted by Gasteiger charge is -2.20. The van der Waals surface area contributed by atoms with Crippen molar-refractivity contribution in [3.05, 3.63) is 24.3 Å². The van der Waals surface area contributed by atoms with Gasteiger partial charge in [0.15, 0.2) is 18.1 Å². The molecule has 1 fully saturated rings. The van der Waals surface area contributed by atoms with E-state index in [4.69, 9.17) is 14.2 Å². The minimum absolute atomic E-state index is 0.00580. The molecule has 1 aliphatic heterocycles. The lowest BCUT2D eigenvalue weighted by Crippen LogP contribution is -2.42. The molecule has 0 bridgehead atoms. The Morgan fingerprint density at radius 2 is 2.20 bits per heavy atom. The van der Waals surface area contributed by atoms with E-state index in [0.717, 1.165) is 19.4 Å². The summed E-state index contributed by atoms with van der Waals surface area (Å²) in [5.74, 6) is 1.03. The molecule has 110 valence electrons. The van der Waals surface area contributed by atoms with Crippen LogP contribution in [0.15, 0.2) is 24.3 Å². The number of amides is 1. The predicted octanol–water partition coefficient (Wildman–Crippen LogP) is 1.76. The first-order valence-electron chi connectivity index (χ1n) is 6.87. The van der Waals surface area contributed by atoms with Crippen molar-refractivity contribution in [2.24, 2.45) is 0 Å². The fourth-order valence-corrected chi connectivity index (χ4v) is 2.27. The summed E-state index contributed by atoms with van der Waals surface area (Å²) in [6.07, 6.45) is 2.17. The van der Waals surface area contributed by atoms with Gasteiger partial charge in [0.05, 0.1) is 19.3 Å². The van der Waals surface area contributed by atoms with E-state index in [-0.39, 0.29) is 24.7 Å². The Hall–Kier alpha value is -1.75. The van der Waals surface area contributed by atoms with E-state index in [1.807, 2.05) is 19.1 Å². The van der Waals surface area contributed by atoms with Crippen molar-refractivity contribution in [1.29, 1.82) is 0 Å². The Morgan fingerprint density at radius 1 is 1.45 bits per heavy atom. The highest BCUT2D eigenvalue weighted by Gasteiger charge is 2.23. The third-order valence-corrected chi connectivity index (χ3v) is 3.34. The van der Waals surface area contributed by atoms with Crippen LogP contribution in [0.2, 0.25) is 0 Å². The van der Waals surface area contributed by atoms with Gasteiger partial charge in [-0.2, -0.15) is 0 Å². The second kappa shape index (κ2) is 7.14. The van der Waals surface area contributed by atoms with Gasteiger partial charge in [-0.25, -0.2) is 0 Å². The second-order valence-electron chi connectivity index (χ2n) is 4.85. The summed E-state index contributed by atoms with van der Waals surface area (Å²) in [6, 6.07) is 7.26. The van der Waals surface area contributed by atoms with Gasteiger partial charge in [-0.05, 0) is 31.9 Å². The largest absolute Gasteiger partial charge is 0.493 e. The zero-order chi connectivity index (χ0) is 14.4. The fourth-order valence-electron chi connectivity index (χ4n) is 2.27. The smallest absolute Gasteiger partial charge is 0.258 e. The van der Waals surface area contributed by atoms with Gasteiger partial charge in [0.25, 0.3) is 5.91 Å². The highest BCUT2D eigenvalue weighted by atomic mass is 16.5. The Bertz CT molecular complexity index is 443. The number of hydrogen-bond donors (Lipinski definition) is 1. The molecule has 2 atom stereocenters. The molecule has 0 saturated carbocycles. The number of ether oxygens (including phenoxy) is 3. The van der Waals surface area contributed by atoms with Gasteiger partial charge in [0.1, 0.15) is 0 Å². The highest BCUT2D eigenvalue weighted by Crippen LogP contribution is 2.25. The molecule has 2 rings (SSSR count). The number of methoxy groups -OCH3 is 1. The molecule has 5 nitrogen and oxygen atoms in total. The number of hydrogen-bond acceptors (Lipinski definition) is 4. The Kier molecular flexibility index (Phi) is 5.24. The molecule has 20 heavy (non-hydrogen) atoms. The highest BCUT2D eigenvalue weighted by molar-refractivity contribution is 5.78. The number of para-hydroxylation sites is 2. The summed E-state index contributed by atoms with van der Waals surface area (Å²) in [4.78, 5) is 11.9. The third-order valence-electron chi connectivity index (χ3n) is 3.34. The van der Waals surface area contributed by atoms with E-state index < -0.39 is 0 Å². The van der Waals surface area contributed by atoms with Crippen LogP contribution in [0.1, 0.15) is 19.8 Å². The molecule has 0 radical (unpaired) electrons. The molecule has 0 aliphatic carbocycles. The average Bonchev–Trinajstić information content (AvgIpc) is 2.99. The molecule has 1 saturated heterocycles. The molecular weight excluding hydrogens is 258 g/mol. The molecule has 0 unspecified atom stereocenters. The van der Waals surface area contributed by atoms with Gasteiger partial charge in [0.2, 0.25) is 0 Å². The molecule has 1 N–H and O–H groups in total. The van der Waals surface area contributed by atoms with E-state index in [1.54, 1.807) is 19.2 Å². The quantitative estimate of drug-likeness (QED) is 0.862. The van der Waals surface area contributed by atoms with Crippen LogP contribution in [-0.2, 0) is 9.53 Å². The molecule has 1 aromatic carbocycles. The predicted molar refractivity (Wildman–Crippen MR) is 75.1 cm³/mol. The number of benzene rings is 1. The maximum atomic E-state index is 11.9. The van der Waals surface area contributed by atoms with Crippen LogP contribution in [0.4, 0.5) is 0 Å². The van der Waals surface area contributed by atoms with Crippen LogP contribution >= 0.6 is 0 Å². The topological polar surface area (TPSA) is 56.8 Å². The molecule has 5 heteroatoms. The van der Waals surface area contributed by atoms with Crippen LogP contribution in [0.5, 0.6) is 11.5 Å². The van der Waals surface area contributed by atoms with Crippen LogP contribution in [-0.4, -0.2) is 38.4 Å². The van der Waals surface area contributed by atoms with E-state index in [0.29, 0.717) is 11.5 Å². The van der Waals surface area contributed by atoms with Crippen molar-refractivity contribution in [2.75, 3.05) is 20.3 Å². The maximum absolute atomic E-state index is 11.9. The molecule has 1 amide bonds. The molecule has 1 aliphatic rings. The van der Waals surface area contributed by atoms with Crippen molar-refractivity contribution in [3.63, 3.8) is 0 Å². The molecule has 1 aromatic rings. The monoisotopic (exact) mass is 279 g/mol. The van der Waals surface area contributed by atoms with Crippen LogP contribution in [0.3, 0.4) is 0 Å². The van der Waals surface area contributed by atoms with E-state index >= 15 is 0 Å². The Labute approximate surface area is 119 Å². The van der Waals surface area contributed by atoms with Gasteiger partial charge < -0.3 is 19.5 Å². The third kappa shape index (κ3) is 3.87. The summed E-state index contributed by atoms with van der Waals surface area (Å²) in [7, 11) is 1.57. The molecule has 1 heterocycles. The summed E-state index contributed by atoms with van der Waals surface area (Å²) in [5, 5.41) is 2.90. The van der Waals surface area contributed by atoms with Gasteiger partial charge in [0, 0.05) is 6.61 Å². The minimum Gasteiger partial charge on any atom is -0.493 e. The molecule has 0 spiro atoms. The normalized spacial score (nSPS) is 19.4. The standard InChI is InChI=1S/C15H21NO4/c1-11(12-8-5-9-19-12)16-15(17)10-20-14-7-4-3-6-13(14)18-2/h3-4,6-7,11-12H,5,8-10H2,1-2H3,(H,16,17)/t11-,12-/m0/s1. The zero-order valence-corrected chi connectivity index (χ0v) is 11.9. The van der Waals surface area contributed by atoms with Crippen molar-refractivity contribution in [3.8, 4) is 11.5 Å². The van der Waals surface area contributed by atoms with Crippen molar-refractivity contribution in [2.45, 2.75) is 31.9 Å². The van der Waals surface area contributed by atoms with Crippen LogP contribution in [0.25, 0.3) is 0 Å². The summed E-state index contributed by atoms with van der Waals surface area (Å²) >= 11 is 0. The Morgan fingerprint density at radius 3 is 2.85 bits per heavy atom. The van der Waals surface area contributed by atoms with E-state index in [9.17, 15) is 4.79 Å². The lowest BCUT2D eigenvalue weighted by atomic mass is 10.1. The van der Waals surface area contributed by atoms with E-state index in [2.05, 4.69) is 5.32 Å². The zero-order valence-electron chi connectivity index (χ0n) is 11.9. The number of carbonyl (C=O) groups is 1.